The van der Waals surface area contributed by atoms with Crippen molar-refractivity contribution in [2.45, 2.75) is 52.0 Å². The third-order valence-corrected chi connectivity index (χ3v) is 3.92. The van der Waals surface area contributed by atoms with Crippen LogP contribution in [0, 0.1) is 5.92 Å². The third-order valence-electron chi connectivity index (χ3n) is 3.17. The zero-order valence-electron chi connectivity index (χ0n) is 9.64. The van der Waals surface area contributed by atoms with Gasteiger partial charge >= 0.3 is 0 Å². The maximum Gasteiger partial charge on any atom is 0.0192 e. The highest BCUT2D eigenvalue weighted by atomic mass is 79.9. The Hall–Kier alpha value is 0.440. The average Bonchev–Trinajstić information content (AvgIpc) is 2.38. The van der Waals surface area contributed by atoms with Crippen molar-refractivity contribution in [1.82, 2.24) is 4.90 Å². The number of alkyl halides is 1. The Morgan fingerprint density at radius 2 is 2.07 bits per heavy atom. The lowest BCUT2D eigenvalue weighted by Gasteiger charge is -2.29. The number of hydrogen-bond acceptors (Lipinski definition) is 1. The fourth-order valence-corrected chi connectivity index (χ4v) is 2.86. The smallest absolute Gasteiger partial charge is 0.0192 e. The van der Waals surface area contributed by atoms with Crippen LogP contribution >= 0.6 is 15.9 Å². The molecule has 1 unspecified atom stereocenters. The van der Waals surface area contributed by atoms with Crippen molar-refractivity contribution in [3.8, 4) is 0 Å². The van der Waals surface area contributed by atoms with Gasteiger partial charge in [-0.15, -0.1) is 0 Å². The van der Waals surface area contributed by atoms with Gasteiger partial charge in [-0.2, -0.15) is 0 Å². The summed E-state index contributed by atoms with van der Waals surface area (Å²) in [4.78, 5) is 2.70. The van der Waals surface area contributed by atoms with Crippen molar-refractivity contribution in [2.24, 2.45) is 5.92 Å². The Morgan fingerprint density at radius 3 is 2.71 bits per heavy atom. The third kappa shape index (κ3) is 4.31. The van der Waals surface area contributed by atoms with E-state index in [9.17, 15) is 0 Å². The highest BCUT2D eigenvalue weighted by Crippen LogP contribution is 2.19. The molecule has 0 radical (unpaired) electrons. The first kappa shape index (κ1) is 12.5. The molecule has 0 N–H and O–H groups in total. The van der Waals surface area contributed by atoms with Gasteiger partial charge in [0, 0.05) is 11.4 Å². The zero-order chi connectivity index (χ0) is 10.4. The van der Waals surface area contributed by atoms with Crippen LogP contribution in [0.5, 0.6) is 0 Å². The number of likely N-dealkylation sites (tertiary alicyclic amines) is 1. The molecule has 0 aliphatic carbocycles. The van der Waals surface area contributed by atoms with Gasteiger partial charge in [0.2, 0.25) is 0 Å². The van der Waals surface area contributed by atoms with E-state index in [1.54, 1.807) is 0 Å². The van der Waals surface area contributed by atoms with Gasteiger partial charge in [-0.05, 0) is 38.3 Å². The first-order valence-electron chi connectivity index (χ1n) is 6.04. The minimum atomic E-state index is 0.802. The van der Waals surface area contributed by atoms with E-state index in [2.05, 4.69) is 34.7 Å². The largest absolute Gasteiger partial charge is 0.300 e. The van der Waals surface area contributed by atoms with Gasteiger partial charge in [0.15, 0.2) is 0 Å². The fraction of sp³-hybridized carbons (Fsp3) is 1.00. The molecule has 14 heavy (non-hydrogen) atoms. The molecule has 0 amide bonds. The summed E-state index contributed by atoms with van der Waals surface area (Å²) in [5, 5.41) is 1.16. The Labute approximate surface area is 97.4 Å². The zero-order valence-corrected chi connectivity index (χ0v) is 11.2. The second-order valence-corrected chi connectivity index (χ2v) is 5.52. The van der Waals surface area contributed by atoms with Crippen LogP contribution in [0.2, 0.25) is 0 Å². The average molecular weight is 262 g/mol. The van der Waals surface area contributed by atoms with Crippen LogP contribution in [0.1, 0.15) is 46.0 Å². The molecule has 1 nitrogen and oxygen atoms in total. The van der Waals surface area contributed by atoms with Crippen molar-refractivity contribution in [3.63, 3.8) is 0 Å². The van der Waals surface area contributed by atoms with Crippen LogP contribution in [0.4, 0.5) is 0 Å². The van der Waals surface area contributed by atoms with Gasteiger partial charge < -0.3 is 0 Å². The molecule has 1 aliphatic heterocycles. The quantitative estimate of drug-likeness (QED) is 0.699. The van der Waals surface area contributed by atoms with E-state index < -0.39 is 0 Å². The summed E-state index contributed by atoms with van der Waals surface area (Å²) in [7, 11) is 0. The van der Waals surface area contributed by atoms with Crippen LogP contribution in [0.15, 0.2) is 0 Å². The number of rotatable bonds is 4. The molecule has 2 heteroatoms. The lowest BCUT2D eigenvalue weighted by molar-refractivity contribution is 0.206. The summed E-state index contributed by atoms with van der Waals surface area (Å²) >= 11 is 3.65. The Bertz CT molecular complexity index is 147. The standard InChI is InChI=1S/C12H24BrN/c1-11(2)7-9-14-8-5-3-4-6-12(14)10-13/h11-12H,3-10H2,1-2H3. The Balaban J connectivity index is 2.36. The fourth-order valence-electron chi connectivity index (χ4n) is 2.13. The van der Waals surface area contributed by atoms with Crippen LogP contribution in [0.25, 0.3) is 0 Å². The van der Waals surface area contributed by atoms with E-state index in [4.69, 9.17) is 0 Å². The number of nitrogens with zero attached hydrogens (tertiary/aromatic N) is 1. The van der Waals surface area contributed by atoms with E-state index in [1.807, 2.05) is 0 Å². The maximum absolute atomic E-state index is 3.65. The van der Waals surface area contributed by atoms with E-state index in [0.29, 0.717) is 0 Å². The van der Waals surface area contributed by atoms with Crippen LogP contribution in [0.3, 0.4) is 0 Å². The van der Waals surface area contributed by atoms with Crippen LogP contribution < -0.4 is 0 Å². The molecule has 84 valence electrons. The van der Waals surface area contributed by atoms with Crippen molar-refractivity contribution in [2.75, 3.05) is 18.4 Å². The molecule has 0 bridgehead atoms. The predicted molar refractivity (Wildman–Crippen MR) is 67.1 cm³/mol. The molecular formula is C12H24BrN. The van der Waals surface area contributed by atoms with Gasteiger partial charge in [-0.3, -0.25) is 4.90 Å². The Kier molecular flexibility index (Phi) is 6.11. The molecule has 1 aliphatic rings. The summed E-state index contributed by atoms with van der Waals surface area (Å²) in [6, 6.07) is 0.802. The molecule has 0 aromatic heterocycles. The SMILES string of the molecule is CC(C)CCN1CCCCCC1CBr. The Morgan fingerprint density at radius 1 is 1.29 bits per heavy atom. The van der Waals surface area contributed by atoms with Crippen molar-refractivity contribution >= 4 is 15.9 Å². The van der Waals surface area contributed by atoms with Gasteiger partial charge in [0.05, 0.1) is 0 Å². The predicted octanol–water partition coefficient (Wildman–Crippen LogP) is 3.67. The van der Waals surface area contributed by atoms with E-state index in [-0.39, 0.29) is 0 Å². The molecule has 1 saturated heterocycles. The summed E-state index contributed by atoms with van der Waals surface area (Å²) in [6.45, 7) is 7.26. The topological polar surface area (TPSA) is 3.24 Å². The molecule has 0 aromatic rings. The highest BCUT2D eigenvalue weighted by molar-refractivity contribution is 9.09. The lowest BCUT2D eigenvalue weighted by atomic mass is 10.1. The van der Waals surface area contributed by atoms with Gasteiger partial charge in [-0.25, -0.2) is 0 Å². The normalized spacial score (nSPS) is 25.3. The molecular weight excluding hydrogens is 238 g/mol. The van der Waals surface area contributed by atoms with E-state index >= 15 is 0 Å². The molecule has 1 heterocycles. The molecule has 0 aromatic carbocycles. The monoisotopic (exact) mass is 261 g/mol. The number of halogens is 1. The van der Waals surface area contributed by atoms with Gasteiger partial charge in [0.25, 0.3) is 0 Å². The highest BCUT2D eigenvalue weighted by Gasteiger charge is 2.19. The lowest BCUT2D eigenvalue weighted by Crippen LogP contribution is -2.37. The summed E-state index contributed by atoms with van der Waals surface area (Å²) in [5.41, 5.74) is 0. The summed E-state index contributed by atoms with van der Waals surface area (Å²) < 4.78 is 0. The van der Waals surface area contributed by atoms with Gasteiger partial charge in [-0.1, -0.05) is 42.6 Å². The molecule has 1 fully saturated rings. The second kappa shape index (κ2) is 6.84. The van der Waals surface area contributed by atoms with Crippen molar-refractivity contribution in [3.05, 3.63) is 0 Å². The van der Waals surface area contributed by atoms with Crippen LogP contribution in [-0.4, -0.2) is 29.4 Å². The maximum atomic E-state index is 3.65. The molecule has 0 spiro atoms. The molecule has 1 rings (SSSR count). The summed E-state index contributed by atoms with van der Waals surface area (Å²) in [5.74, 6) is 0.842. The van der Waals surface area contributed by atoms with Crippen LogP contribution in [-0.2, 0) is 0 Å². The minimum Gasteiger partial charge on any atom is -0.300 e. The van der Waals surface area contributed by atoms with Gasteiger partial charge in [0.1, 0.15) is 0 Å². The first-order chi connectivity index (χ1) is 6.74. The summed E-state index contributed by atoms with van der Waals surface area (Å²) in [6.07, 6.45) is 7.00. The minimum absolute atomic E-state index is 0.802. The van der Waals surface area contributed by atoms with Crippen molar-refractivity contribution < 1.29 is 0 Å². The van der Waals surface area contributed by atoms with E-state index in [0.717, 1.165) is 17.3 Å². The first-order valence-corrected chi connectivity index (χ1v) is 7.16. The second-order valence-electron chi connectivity index (χ2n) is 4.88. The van der Waals surface area contributed by atoms with Crippen molar-refractivity contribution in [1.29, 1.82) is 0 Å². The molecule has 0 saturated carbocycles. The number of hydrogen-bond donors (Lipinski definition) is 0. The molecule has 1 atom stereocenters. The van der Waals surface area contributed by atoms with E-state index in [1.165, 1.54) is 45.2 Å².